The van der Waals surface area contributed by atoms with Crippen LogP contribution in [0.5, 0.6) is 5.75 Å². The van der Waals surface area contributed by atoms with Crippen molar-refractivity contribution in [1.82, 2.24) is 10.3 Å². The van der Waals surface area contributed by atoms with Crippen molar-refractivity contribution < 1.29 is 9.53 Å². The Kier molecular flexibility index (Phi) is 4.91. The van der Waals surface area contributed by atoms with Gasteiger partial charge in [-0.1, -0.05) is 18.2 Å². The summed E-state index contributed by atoms with van der Waals surface area (Å²) in [5.41, 5.74) is 3.24. The normalized spacial score (nSPS) is 14.5. The van der Waals surface area contributed by atoms with Crippen molar-refractivity contribution in [2.45, 2.75) is 38.6 Å². The summed E-state index contributed by atoms with van der Waals surface area (Å²) in [6, 6.07) is 12.0. The lowest BCUT2D eigenvalue weighted by molar-refractivity contribution is -0.121. The number of benzene rings is 1. The van der Waals surface area contributed by atoms with E-state index in [1.165, 1.54) is 5.56 Å². The number of hydrogen-bond acceptors (Lipinski definition) is 3. The summed E-state index contributed by atoms with van der Waals surface area (Å²) in [5.74, 6) is 1.01. The molecule has 0 saturated heterocycles. The summed E-state index contributed by atoms with van der Waals surface area (Å²) in [6.07, 6.45) is 4.99. The van der Waals surface area contributed by atoms with E-state index < -0.39 is 0 Å². The molecule has 0 radical (unpaired) electrons. The van der Waals surface area contributed by atoms with E-state index in [-0.39, 0.29) is 11.9 Å². The van der Waals surface area contributed by atoms with E-state index in [2.05, 4.69) is 16.4 Å². The van der Waals surface area contributed by atoms with Gasteiger partial charge in [-0.25, -0.2) is 0 Å². The quantitative estimate of drug-likeness (QED) is 0.924. The van der Waals surface area contributed by atoms with E-state index in [0.717, 1.165) is 42.9 Å². The maximum Gasteiger partial charge on any atom is 0.224 e. The van der Waals surface area contributed by atoms with Gasteiger partial charge >= 0.3 is 0 Å². The number of amides is 1. The fourth-order valence-corrected chi connectivity index (χ4v) is 2.92. The van der Waals surface area contributed by atoms with Gasteiger partial charge in [0, 0.05) is 24.4 Å². The molecule has 1 aromatic carbocycles. The van der Waals surface area contributed by atoms with Crippen LogP contribution in [0.15, 0.2) is 42.6 Å². The zero-order valence-electron chi connectivity index (χ0n) is 13.4. The molecule has 0 bridgehead atoms. The van der Waals surface area contributed by atoms with Crippen LogP contribution < -0.4 is 10.1 Å². The molecule has 4 nitrogen and oxygen atoms in total. The van der Waals surface area contributed by atoms with Crippen molar-refractivity contribution in [2.75, 3.05) is 6.61 Å². The molecule has 4 heteroatoms. The number of aromatic nitrogens is 1. The minimum atomic E-state index is 0.0464. The smallest absolute Gasteiger partial charge is 0.224 e. The first-order valence-corrected chi connectivity index (χ1v) is 8.14. The summed E-state index contributed by atoms with van der Waals surface area (Å²) in [6.45, 7) is 2.80. The monoisotopic (exact) mass is 310 g/mol. The Hall–Kier alpha value is -2.36. The number of rotatable bonds is 5. The standard InChI is InChI=1S/C19H22N2O2/c1-14(11-17-6-2-3-9-20-17)21-19(22)13-15-7-8-18-16(12-15)5-4-10-23-18/h2-3,6-9,12,14H,4-5,10-11,13H2,1H3,(H,21,22)/t14-/m1/s1. The number of pyridine rings is 1. The van der Waals surface area contributed by atoms with Crippen LogP contribution in [0.2, 0.25) is 0 Å². The van der Waals surface area contributed by atoms with Crippen LogP contribution in [-0.2, 0) is 24.1 Å². The molecule has 0 aliphatic carbocycles. The van der Waals surface area contributed by atoms with Crippen LogP contribution in [-0.4, -0.2) is 23.5 Å². The summed E-state index contributed by atoms with van der Waals surface area (Å²) in [4.78, 5) is 16.5. The van der Waals surface area contributed by atoms with Gasteiger partial charge < -0.3 is 10.1 Å². The Morgan fingerprint density at radius 1 is 1.35 bits per heavy atom. The topological polar surface area (TPSA) is 51.2 Å². The summed E-state index contributed by atoms with van der Waals surface area (Å²) >= 11 is 0. The fraction of sp³-hybridized carbons (Fsp3) is 0.368. The van der Waals surface area contributed by atoms with E-state index in [0.29, 0.717) is 6.42 Å². The van der Waals surface area contributed by atoms with E-state index in [1.54, 1.807) is 6.20 Å². The van der Waals surface area contributed by atoms with Gasteiger partial charge in [0.15, 0.2) is 0 Å². The second kappa shape index (κ2) is 7.27. The number of nitrogens with zero attached hydrogens (tertiary/aromatic N) is 1. The Balaban J connectivity index is 1.54. The van der Waals surface area contributed by atoms with Gasteiger partial charge in [-0.05, 0) is 49.1 Å². The molecule has 1 aliphatic heterocycles. The van der Waals surface area contributed by atoms with Crippen LogP contribution in [0.25, 0.3) is 0 Å². The van der Waals surface area contributed by atoms with Gasteiger partial charge in [-0.15, -0.1) is 0 Å². The SMILES string of the molecule is C[C@H](Cc1ccccn1)NC(=O)Cc1ccc2c(c1)CCCO2. The number of nitrogens with one attached hydrogen (secondary N) is 1. The number of aryl methyl sites for hydroxylation is 1. The molecule has 2 aromatic rings. The Labute approximate surface area is 136 Å². The van der Waals surface area contributed by atoms with Crippen molar-refractivity contribution in [2.24, 2.45) is 0 Å². The molecule has 0 spiro atoms. The summed E-state index contributed by atoms with van der Waals surface area (Å²) in [5, 5.41) is 3.05. The molecule has 23 heavy (non-hydrogen) atoms. The summed E-state index contributed by atoms with van der Waals surface area (Å²) in [7, 11) is 0. The second-order valence-electron chi connectivity index (χ2n) is 6.06. The molecule has 0 unspecified atom stereocenters. The van der Waals surface area contributed by atoms with E-state index in [9.17, 15) is 4.79 Å². The predicted octanol–water partition coefficient (Wildman–Crippen LogP) is 2.70. The van der Waals surface area contributed by atoms with E-state index in [4.69, 9.17) is 4.74 Å². The van der Waals surface area contributed by atoms with Crippen molar-refractivity contribution in [3.05, 3.63) is 59.4 Å². The number of hydrogen-bond donors (Lipinski definition) is 1. The van der Waals surface area contributed by atoms with E-state index >= 15 is 0 Å². The number of ether oxygens (including phenoxy) is 1. The van der Waals surface area contributed by atoms with Crippen LogP contribution in [0.1, 0.15) is 30.2 Å². The van der Waals surface area contributed by atoms with Gasteiger partial charge in [-0.2, -0.15) is 0 Å². The number of fused-ring (bicyclic) bond motifs is 1. The van der Waals surface area contributed by atoms with Gasteiger partial charge in [0.25, 0.3) is 0 Å². The highest BCUT2D eigenvalue weighted by atomic mass is 16.5. The van der Waals surface area contributed by atoms with E-state index in [1.807, 2.05) is 37.3 Å². The molecule has 0 fully saturated rings. The maximum atomic E-state index is 12.2. The lowest BCUT2D eigenvalue weighted by Gasteiger charge is -2.18. The molecule has 1 aliphatic rings. The lowest BCUT2D eigenvalue weighted by atomic mass is 10.0. The molecule has 0 saturated carbocycles. The zero-order chi connectivity index (χ0) is 16.1. The van der Waals surface area contributed by atoms with Crippen LogP contribution in [0.3, 0.4) is 0 Å². The third-order valence-corrected chi connectivity index (χ3v) is 3.99. The Morgan fingerprint density at radius 2 is 2.26 bits per heavy atom. The van der Waals surface area contributed by atoms with Gasteiger partial charge in [-0.3, -0.25) is 9.78 Å². The molecule has 1 N–H and O–H groups in total. The summed E-state index contributed by atoms with van der Waals surface area (Å²) < 4.78 is 5.61. The molecule has 2 heterocycles. The lowest BCUT2D eigenvalue weighted by Crippen LogP contribution is -2.35. The van der Waals surface area contributed by atoms with Crippen molar-refractivity contribution >= 4 is 5.91 Å². The molecule has 1 aromatic heterocycles. The molecule has 1 atom stereocenters. The molecular formula is C19H22N2O2. The van der Waals surface area contributed by atoms with Crippen molar-refractivity contribution in [3.8, 4) is 5.75 Å². The first-order valence-electron chi connectivity index (χ1n) is 8.14. The fourth-order valence-electron chi connectivity index (χ4n) is 2.92. The predicted molar refractivity (Wildman–Crippen MR) is 89.5 cm³/mol. The van der Waals surface area contributed by atoms with Crippen molar-refractivity contribution in [3.63, 3.8) is 0 Å². The van der Waals surface area contributed by atoms with Crippen LogP contribution >= 0.6 is 0 Å². The van der Waals surface area contributed by atoms with Crippen molar-refractivity contribution in [1.29, 1.82) is 0 Å². The Bertz CT molecular complexity index is 670. The second-order valence-corrected chi connectivity index (χ2v) is 6.06. The molecule has 120 valence electrons. The largest absolute Gasteiger partial charge is 0.493 e. The highest BCUT2D eigenvalue weighted by molar-refractivity contribution is 5.79. The zero-order valence-corrected chi connectivity index (χ0v) is 13.4. The molecule has 3 rings (SSSR count). The first kappa shape index (κ1) is 15.5. The third-order valence-electron chi connectivity index (χ3n) is 3.99. The average Bonchev–Trinajstić information content (AvgIpc) is 2.55. The minimum Gasteiger partial charge on any atom is -0.493 e. The Morgan fingerprint density at radius 3 is 3.09 bits per heavy atom. The number of carbonyl (C=O) groups excluding carboxylic acids is 1. The van der Waals surface area contributed by atoms with Crippen LogP contribution in [0, 0.1) is 0 Å². The molecule has 1 amide bonds. The minimum absolute atomic E-state index is 0.0464. The average molecular weight is 310 g/mol. The maximum absolute atomic E-state index is 12.2. The third kappa shape index (κ3) is 4.31. The number of carbonyl (C=O) groups is 1. The highest BCUT2D eigenvalue weighted by Crippen LogP contribution is 2.25. The first-order chi connectivity index (χ1) is 11.2. The molecular weight excluding hydrogens is 288 g/mol. The van der Waals surface area contributed by atoms with Gasteiger partial charge in [0.1, 0.15) is 5.75 Å². The van der Waals surface area contributed by atoms with Gasteiger partial charge in [0.2, 0.25) is 5.91 Å². The van der Waals surface area contributed by atoms with Gasteiger partial charge in [0.05, 0.1) is 13.0 Å². The van der Waals surface area contributed by atoms with Crippen LogP contribution in [0.4, 0.5) is 0 Å². The highest BCUT2D eigenvalue weighted by Gasteiger charge is 2.13.